The summed E-state index contributed by atoms with van der Waals surface area (Å²) < 4.78 is 14.5. The second kappa shape index (κ2) is 7.78. The first-order valence-corrected chi connectivity index (χ1v) is 11.6. The number of nitrogens with zero attached hydrogens (tertiary/aromatic N) is 2. The number of fused-ring (bicyclic) bond motifs is 2. The molecule has 0 aromatic heterocycles. The number of amides is 2. The van der Waals surface area contributed by atoms with Crippen molar-refractivity contribution < 1.29 is 14.0 Å². The molecular weight excluding hydrogens is 423 g/mol. The van der Waals surface area contributed by atoms with Crippen LogP contribution in [-0.4, -0.2) is 29.0 Å². The molecule has 1 fully saturated rings. The lowest BCUT2D eigenvalue weighted by molar-refractivity contribution is -0.123. The molecule has 4 nitrogen and oxygen atoms in total. The van der Waals surface area contributed by atoms with Gasteiger partial charge in [0.1, 0.15) is 5.82 Å². The van der Waals surface area contributed by atoms with Crippen molar-refractivity contribution in [1.82, 2.24) is 4.90 Å². The first-order chi connectivity index (χ1) is 15.4. The Morgan fingerprint density at radius 3 is 2.59 bits per heavy atom. The predicted octanol–water partition coefficient (Wildman–Crippen LogP) is 5.03. The van der Waals surface area contributed by atoms with Gasteiger partial charge < -0.3 is 9.80 Å². The Balaban J connectivity index is 1.61. The van der Waals surface area contributed by atoms with E-state index in [4.69, 9.17) is 0 Å². The van der Waals surface area contributed by atoms with E-state index in [0.717, 1.165) is 27.9 Å². The topological polar surface area (TPSA) is 40.6 Å². The maximum Gasteiger partial charge on any atom is 0.268 e. The Hall–Kier alpha value is -3.12. The molecular formula is C26H23FN2O2S. The molecule has 2 amide bonds. The van der Waals surface area contributed by atoms with E-state index in [-0.39, 0.29) is 11.5 Å². The summed E-state index contributed by atoms with van der Waals surface area (Å²) in [7, 11) is 0. The standard InChI is InChI=1S/C26H23FN2O2S/c1-17-6-5-7-19(14-17)16-28-23-11-10-18(2)15-21(23)26(25(28)31)29(12-13-32-26)24(30)20-8-3-4-9-22(20)27/h3-11,14-15H,12-13,16H2,1-2H3. The van der Waals surface area contributed by atoms with Gasteiger partial charge in [-0.2, -0.15) is 0 Å². The second-order valence-electron chi connectivity index (χ2n) is 8.33. The molecule has 1 spiro atoms. The summed E-state index contributed by atoms with van der Waals surface area (Å²) in [6.07, 6.45) is 0. The first-order valence-electron chi connectivity index (χ1n) is 10.6. The third kappa shape index (κ3) is 3.13. The van der Waals surface area contributed by atoms with Crippen LogP contribution in [0.25, 0.3) is 0 Å². The molecule has 162 valence electrons. The van der Waals surface area contributed by atoms with Crippen LogP contribution in [0.3, 0.4) is 0 Å². The minimum absolute atomic E-state index is 0.00601. The summed E-state index contributed by atoms with van der Waals surface area (Å²) in [6, 6.07) is 20.0. The fraction of sp³-hybridized carbons (Fsp3) is 0.231. The number of hydrogen-bond donors (Lipinski definition) is 0. The molecule has 2 heterocycles. The molecule has 0 N–H and O–H groups in total. The van der Waals surface area contributed by atoms with Crippen LogP contribution in [-0.2, 0) is 16.2 Å². The van der Waals surface area contributed by atoms with Gasteiger partial charge in [0.15, 0.2) is 4.87 Å². The molecule has 6 heteroatoms. The number of hydrogen-bond acceptors (Lipinski definition) is 3. The van der Waals surface area contributed by atoms with Gasteiger partial charge in [-0.05, 0) is 37.6 Å². The smallest absolute Gasteiger partial charge is 0.268 e. The number of halogens is 1. The van der Waals surface area contributed by atoms with E-state index in [1.807, 2.05) is 50.2 Å². The number of carbonyl (C=O) groups excluding carboxylic acids is 2. The van der Waals surface area contributed by atoms with Crippen LogP contribution in [0.1, 0.15) is 32.6 Å². The zero-order valence-electron chi connectivity index (χ0n) is 18.0. The van der Waals surface area contributed by atoms with Crippen molar-refractivity contribution in [1.29, 1.82) is 0 Å². The van der Waals surface area contributed by atoms with Crippen LogP contribution < -0.4 is 4.90 Å². The summed E-state index contributed by atoms with van der Waals surface area (Å²) in [4.78, 5) is 29.7. The second-order valence-corrected chi connectivity index (χ2v) is 9.62. The van der Waals surface area contributed by atoms with Gasteiger partial charge in [0.2, 0.25) is 0 Å². The van der Waals surface area contributed by atoms with Crippen LogP contribution in [0.2, 0.25) is 0 Å². The molecule has 3 aromatic carbocycles. The van der Waals surface area contributed by atoms with Gasteiger partial charge in [-0.15, -0.1) is 11.8 Å². The van der Waals surface area contributed by atoms with Crippen LogP contribution in [0.15, 0.2) is 66.7 Å². The number of aryl methyl sites for hydroxylation is 2. The molecule has 3 aromatic rings. The highest BCUT2D eigenvalue weighted by Crippen LogP contribution is 2.55. The minimum Gasteiger partial charge on any atom is -0.311 e. The number of thioether (sulfide) groups is 1. The number of rotatable bonds is 3. The molecule has 1 unspecified atom stereocenters. The Labute approximate surface area is 191 Å². The lowest BCUT2D eigenvalue weighted by Gasteiger charge is -2.33. The Bertz CT molecular complexity index is 1240. The Morgan fingerprint density at radius 1 is 1.03 bits per heavy atom. The highest BCUT2D eigenvalue weighted by atomic mass is 32.2. The fourth-order valence-corrected chi connectivity index (χ4v) is 6.11. The molecule has 1 saturated heterocycles. The molecule has 0 saturated carbocycles. The summed E-state index contributed by atoms with van der Waals surface area (Å²) in [5.74, 6) is -0.563. The third-order valence-corrected chi connectivity index (χ3v) is 7.54. The van der Waals surface area contributed by atoms with Crippen molar-refractivity contribution in [3.05, 3.63) is 100 Å². The van der Waals surface area contributed by atoms with Crippen molar-refractivity contribution in [2.75, 3.05) is 17.2 Å². The van der Waals surface area contributed by atoms with Gasteiger partial charge in [-0.1, -0.05) is 59.7 Å². The largest absolute Gasteiger partial charge is 0.311 e. The highest BCUT2D eigenvalue weighted by Gasteiger charge is 2.59. The van der Waals surface area contributed by atoms with Gasteiger partial charge in [0.25, 0.3) is 11.8 Å². The number of carbonyl (C=O) groups is 2. The first kappa shape index (κ1) is 20.8. The van der Waals surface area contributed by atoms with Crippen LogP contribution in [0.5, 0.6) is 0 Å². The van der Waals surface area contributed by atoms with Gasteiger partial charge in [-0.25, -0.2) is 4.39 Å². The van der Waals surface area contributed by atoms with E-state index in [9.17, 15) is 14.0 Å². The van der Waals surface area contributed by atoms with Gasteiger partial charge in [-0.3, -0.25) is 9.59 Å². The predicted molar refractivity (Wildman–Crippen MR) is 125 cm³/mol. The third-order valence-electron chi connectivity index (χ3n) is 6.12. The average Bonchev–Trinajstić information content (AvgIpc) is 3.31. The van der Waals surface area contributed by atoms with E-state index in [0.29, 0.717) is 18.8 Å². The molecule has 0 aliphatic carbocycles. The summed E-state index contributed by atoms with van der Waals surface area (Å²) in [5, 5.41) is 0. The van der Waals surface area contributed by atoms with E-state index in [1.54, 1.807) is 21.9 Å². The zero-order chi connectivity index (χ0) is 22.5. The quantitative estimate of drug-likeness (QED) is 0.567. The lowest BCUT2D eigenvalue weighted by atomic mass is 10.0. The Morgan fingerprint density at radius 2 is 1.81 bits per heavy atom. The minimum atomic E-state index is -1.18. The van der Waals surface area contributed by atoms with E-state index in [1.165, 1.54) is 23.9 Å². The number of benzene rings is 3. The lowest BCUT2D eigenvalue weighted by Crippen LogP contribution is -2.50. The van der Waals surface area contributed by atoms with Gasteiger partial charge in [0.05, 0.1) is 17.8 Å². The summed E-state index contributed by atoms with van der Waals surface area (Å²) in [5.41, 5.74) is 4.77. The van der Waals surface area contributed by atoms with Crippen molar-refractivity contribution in [3.63, 3.8) is 0 Å². The average molecular weight is 447 g/mol. The number of anilines is 1. The maximum absolute atomic E-state index is 14.5. The van der Waals surface area contributed by atoms with Crippen molar-refractivity contribution in [3.8, 4) is 0 Å². The molecule has 5 rings (SSSR count). The van der Waals surface area contributed by atoms with E-state index in [2.05, 4.69) is 6.07 Å². The van der Waals surface area contributed by atoms with E-state index < -0.39 is 16.6 Å². The fourth-order valence-electron chi connectivity index (χ4n) is 4.66. The summed E-state index contributed by atoms with van der Waals surface area (Å²) in [6.45, 7) is 4.80. The Kier molecular flexibility index (Phi) is 5.05. The molecule has 1 atom stereocenters. The van der Waals surface area contributed by atoms with Crippen molar-refractivity contribution >= 4 is 29.3 Å². The van der Waals surface area contributed by atoms with Crippen LogP contribution in [0.4, 0.5) is 10.1 Å². The zero-order valence-corrected chi connectivity index (χ0v) is 18.8. The molecule has 2 aliphatic rings. The van der Waals surface area contributed by atoms with E-state index >= 15 is 0 Å². The molecule has 2 aliphatic heterocycles. The van der Waals surface area contributed by atoms with Crippen LogP contribution >= 0.6 is 11.8 Å². The monoisotopic (exact) mass is 446 g/mol. The molecule has 0 bridgehead atoms. The molecule has 32 heavy (non-hydrogen) atoms. The van der Waals surface area contributed by atoms with Crippen molar-refractivity contribution in [2.45, 2.75) is 25.3 Å². The molecule has 0 radical (unpaired) electrons. The van der Waals surface area contributed by atoms with Gasteiger partial charge in [0, 0.05) is 17.9 Å². The normalized spacial score (nSPS) is 19.7. The van der Waals surface area contributed by atoms with Gasteiger partial charge >= 0.3 is 0 Å². The highest BCUT2D eigenvalue weighted by molar-refractivity contribution is 8.01. The van der Waals surface area contributed by atoms with Crippen molar-refractivity contribution in [2.24, 2.45) is 0 Å². The maximum atomic E-state index is 14.5. The van der Waals surface area contributed by atoms with Crippen LogP contribution in [0, 0.1) is 19.7 Å². The SMILES string of the molecule is Cc1cccc(CN2C(=O)C3(SCCN3C(=O)c3ccccc3F)c3cc(C)ccc32)c1. The summed E-state index contributed by atoms with van der Waals surface area (Å²) >= 11 is 1.46.